The number of methoxy groups -OCH3 is 1. The lowest BCUT2D eigenvalue weighted by atomic mass is 9.89. The summed E-state index contributed by atoms with van der Waals surface area (Å²) in [5.41, 5.74) is 0.855. The summed E-state index contributed by atoms with van der Waals surface area (Å²) >= 11 is 0. The molecule has 0 fully saturated rings. The summed E-state index contributed by atoms with van der Waals surface area (Å²) in [6.45, 7) is 0.201. The van der Waals surface area contributed by atoms with Gasteiger partial charge in [-0.15, -0.1) is 0 Å². The normalized spacial score (nSPS) is 16.8. The van der Waals surface area contributed by atoms with Crippen LogP contribution >= 0.6 is 0 Å². The quantitative estimate of drug-likeness (QED) is 0.911. The highest BCUT2D eigenvalue weighted by atomic mass is 16.5. The van der Waals surface area contributed by atoms with E-state index >= 15 is 0 Å². The molecule has 22 heavy (non-hydrogen) atoms. The van der Waals surface area contributed by atoms with E-state index in [1.807, 2.05) is 0 Å². The molecule has 1 heterocycles. The second-order valence-corrected chi connectivity index (χ2v) is 5.22. The molecule has 2 N–H and O–H groups in total. The number of ketones is 1. The summed E-state index contributed by atoms with van der Waals surface area (Å²) in [4.78, 5) is 12.6. The molecule has 0 aliphatic carbocycles. The van der Waals surface area contributed by atoms with Crippen LogP contribution in [0, 0.1) is 5.92 Å². The Morgan fingerprint density at radius 1 is 1.23 bits per heavy atom. The minimum Gasteiger partial charge on any atom is -0.508 e. The van der Waals surface area contributed by atoms with Crippen molar-refractivity contribution in [1.29, 1.82) is 0 Å². The number of para-hydroxylation sites is 1. The van der Waals surface area contributed by atoms with Gasteiger partial charge in [-0.25, -0.2) is 0 Å². The molecule has 2 aromatic carbocycles. The van der Waals surface area contributed by atoms with Gasteiger partial charge < -0.3 is 19.7 Å². The summed E-state index contributed by atoms with van der Waals surface area (Å²) in [6, 6.07) is 9.86. The molecule has 0 saturated carbocycles. The van der Waals surface area contributed by atoms with Crippen LogP contribution in [0.3, 0.4) is 0 Å². The largest absolute Gasteiger partial charge is 0.508 e. The predicted molar refractivity (Wildman–Crippen MR) is 79.8 cm³/mol. The van der Waals surface area contributed by atoms with Gasteiger partial charge in [0.2, 0.25) is 0 Å². The fourth-order valence-corrected chi connectivity index (χ4v) is 2.63. The van der Waals surface area contributed by atoms with Crippen molar-refractivity contribution in [3.05, 3.63) is 47.5 Å². The van der Waals surface area contributed by atoms with Crippen molar-refractivity contribution in [1.82, 2.24) is 0 Å². The molecule has 3 rings (SSSR count). The van der Waals surface area contributed by atoms with Crippen LogP contribution < -0.4 is 9.47 Å². The summed E-state index contributed by atoms with van der Waals surface area (Å²) in [7, 11) is 1.48. The van der Waals surface area contributed by atoms with E-state index in [1.165, 1.54) is 13.2 Å². The van der Waals surface area contributed by atoms with Crippen LogP contribution in [0.15, 0.2) is 36.4 Å². The lowest BCUT2D eigenvalue weighted by molar-refractivity contribution is 0.0825. The molecule has 0 aromatic heterocycles. The Morgan fingerprint density at radius 3 is 2.73 bits per heavy atom. The van der Waals surface area contributed by atoms with Gasteiger partial charge in [0.15, 0.2) is 5.78 Å². The first-order valence-electron chi connectivity index (χ1n) is 6.95. The minimum absolute atomic E-state index is 0.152. The number of carbonyl (C=O) groups is 1. The molecule has 114 valence electrons. The summed E-state index contributed by atoms with van der Waals surface area (Å²) in [5.74, 6) is 0.129. The van der Waals surface area contributed by atoms with Crippen molar-refractivity contribution in [2.24, 2.45) is 5.92 Å². The number of carbonyl (C=O) groups excluding carboxylic acids is 1. The van der Waals surface area contributed by atoms with E-state index in [-0.39, 0.29) is 29.5 Å². The monoisotopic (exact) mass is 300 g/mol. The maximum atomic E-state index is 12.6. The highest BCUT2D eigenvalue weighted by Crippen LogP contribution is 2.39. The fraction of sp³-hybridized carbons (Fsp3) is 0.235. The lowest BCUT2D eigenvalue weighted by Gasteiger charge is -2.25. The SMILES string of the molecule is COc1cc(O)c2c(c1)OCC(Cc1ccccc1O)C2=O. The Kier molecular flexibility index (Phi) is 3.63. The molecule has 5 heteroatoms. The Bertz CT molecular complexity index is 723. The zero-order valence-corrected chi connectivity index (χ0v) is 12.1. The highest BCUT2D eigenvalue weighted by molar-refractivity contribution is 6.04. The van der Waals surface area contributed by atoms with E-state index in [0.29, 0.717) is 23.5 Å². The number of benzene rings is 2. The molecule has 2 aromatic rings. The Hall–Kier alpha value is -2.69. The van der Waals surface area contributed by atoms with E-state index in [1.54, 1.807) is 30.3 Å². The number of hydrogen-bond acceptors (Lipinski definition) is 5. The lowest BCUT2D eigenvalue weighted by Crippen LogP contribution is -2.29. The number of fused-ring (bicyclic) bond motifs is 1. The average molecular weight is 300 g/mol. The molecule has 0 saturated heterocycles. The van der Waals surface area contributed by atoms with Gasteiger partial charge in [0.25, 0.3) is 0 Å². The Morgan fingerprint density at radius 2 is 2.00 bits per heavy atom. The number of hydrogen-bond donors (Lipinski definition) is 2. The third kappa shape index (κ3) is 2.45. The van der Waals surface area contributed by atoms with E-state index in [9.17, 15) is 15.0 Å². The van der Waals surface area contributed by atoms with E-state index < -0.39 is 5.92 Å². The van der Waals surface area contributed by atoms with Crippen LogP contribution in [0.2, 0.25) is 0 Å². The summed E-state index contributed by atoms with van der Waals surface area (Å²) in [5, 5.41) is 19.9. The molecule has 0 amide bonds. The number of ether oxygens (including phenoxy) is 2. The van der Waals surface area contributed by atoms with Crippen LogP contribution in [0.4, 0.5) is 0 Å². The van der Waals surface area contributed by atoms with E-state index in [0.717, 1.165) is 0 Å². The first-order valence-corrected chi connectivity index (χ1v) is 6.95. The third-order valence-corrected chi connectivity index (χ3v) is 3.81. The van der Waals surface area contributed by atoms with Gasteiger partial charge in [0.05, 0.1) is 19.6 Å². The topological polar surface area (TPSA) is 76.0 Å². The molecule has 1 atom stereocenters. The maximum absolute atomic E-state index is 12.6. The molecular weight excluding hydrogens is 284 g/mol. The van der Waals surface area contributed by atoms with Gasteiger partial charge in [-0.3, -0.25) is 4.79 Å². The van der Waals surface area contributed by atoms with Crippen LogP contribution in [0.1, 0.15) is 15.9 Å². The second kappa shape index (κ2) is 5.60. The number of Topliss-reactive ketones (excluding diaryl/α,β-unsaturated/α-hetero) is 1. The Labute approximate surface area is 127 Å². The van der Waals surface area contributed by atoms with Gasteiger partial charge >= 0.3 is 0 Å². The van der Waals surface area contributed by atoms with Gasteiger partial charge in [-0.2, -0.15) is 0 Å². The standard InChI is InChI=1S/C17H16O5/c1-21-12-7-14(19)16-15(8-12)22-9-11(17(16)20)6-10-4-2-3-5-13(10)18/h2-5,7-8,11,18-19H,6,9H2,1H3. The molecular formula is C17H16O5. The molecule has 0 spiro atoms. The van der Waals surface area contributed by atoms with Crippen LogP contribution in [-0.4, -0.2) is 29.7 Å². The van der Waals surface area contributed by atoms with Crippen molar-refractivity contribution < 1.29 is 24.5 Å². The first kappa shape index (κ1) is 14.3. The van der Waals surface area contributed by atoms with Crippen molar-refractivity contribution in [3.63, 3.8) is 0 Å². The Balaban J connectivity index is 1.90. The minimum atomic E-state index is -0.444. The van der Waals surface area contributed by atoms with Crippen molar-refractivity contribution in [2.45, 2.75) is 6.42 Å². The summed E-state index contributed by atoms with van der Waals surface area (Å²) < 4.78 is 10.6. The van der Waals surface area contributed by atoms with Gasteiger partial charge in [-0.05, 0) is 18.1 Å². The summed E-state index contributed by atoms with van der Waals surface area (Å²) in [6.07, 6.45) is 0.358. The number of aromatic hydroxyl groups is 2. The number of rotatable bonds is 3. The number of phenolic OH excluding ortho intramolecular Hbond substituents is 2. The van der Waals surface area contributed by atoms with E-state index in [2.05, 4.69) is 0 Å². The highest BCUT2D eigenvalue weighted by Gasteiger charge is 2.32. The van der Waals surface area contributed by atoms with Crippen molar-refractivity contribution >= 4 is 5.78 Å². The van der Waals surface area contributed by atoms with Crippen LogP contribution in [0.5, 0.6) is 23.0 Å². The van der Waals surface area contributed by atoms with Gasteiger partial charge in [0, 0.05) is 12.1 Å². The smallest absolute Gasteiger partial charge is 0.177 e. The van der Waals surface area contributed by atoms with Crippen molar-refractivity contribution in [3.8, 4) is 23.0 Å². The number of phenols is 2. The maximum Gasteiger partial charge on any atom is 0.177 e. The average Bonchev–Trinajstić information content (AvgIpc) is 2.51. The van der Waals surface area contributed by atoms with Crippen LogP contribution in [0.25, 0.3) is 0 Å². The van der Waals surface area contributed by atoms with Crippen molar-refractivity contribution in [2.75, 3.05) is 13.7 Å². The first-order chi connectivity index (χ1) is 10.6. The predicted octanol–water partition coefficient (Wildman–Crippen LogP) is 2.54. The van der Waals surface area contributed by atoms with Gasteiger partial charge in [-0.1, -0.05) is 18.2 Å². The molecule has 1 unspecified atom stereocenters. The third-order valence-electron chi connectivity index (χ3n) is 3.81. The zero-order chi connectivity index (χ0) is 15.7. The van der Waals surface area contributed by atoms with Gasteiger partial charge in [0.1, 0.15) is 28.6 Å². The zero-order valence-electron chi connectivity index (χ0n) is 12.1. The molecule has 0 radical (unpaired) electrons. The second-order valence-electron chi connectivity index (χ2n) is 5.22. The molecule has 1 aliphatic heterocycles. The molecule has 1 aliphatic rings. The van der Waals surface area contributed by atoms with E-state index in [4.69, 9.17) is 9.47 Å². The molecule has 0 bridgehead atoms. The molecule has 5 nitrogen and oxygen atoms in total. The van der Waals surface area contributed by atoms with Crippen LogP contribution in [-0.2, 0) is 6.42 Å². The fourth-order valence-electron chi connectivity index (χ4n) is 2.63.